The van der Waals surface area contributed by atoms with Crippen LogP contribution < -0.4 is 10.2 Å². The first kappa shape index (κ1) is 26.5. The summed E-state index contributed by atoms with van der Waals surface area (Å²) >= 11 is 0. The Morgan fingerprint density at radius 2 is 1.79 bits per heavy atom. The number of amides is 1. The van der Waals surface area contributed by atoms with Gasteiger partial charge in [0.05, 0.1) is 36.3 Å². The summed E-state index contributed by atoms with van der Waals surface area (Å²) in [5.41, 5.74) is 2.60. The van der Waals surface area contributed by atoms with Crippen LogP contribution in [0.1, 0.15) is 32.4 Å². The van der Waals surface area contributed by atoms with Gasteiger partial charge < -0.3 is 15.0 Å². The number of ether oxygens (including phenoxy) is 1. The number of pyridine rings is 2. The van der Waals surface area contributed by atoms with E-state index in [-0.39, 0.29) is 30.6 Å². The maximum absolute atomic E-state index is 12.7. The lowest BCUT2D eigenvalue weighted by atomic mass is 10.0. The fourth-order valence-electron chi connectivity index (χ4n) is 5.34. The number of hydrogen-bond donors (Lipinski definition) is 1. The average molecular weight is 538 g/mol. The fraction of sp³-hybridized carbons (Fsp3) is 0.464. The molecule has 0 aliphatic carbocycles. The third-order valence-electron chi connectivity index (χ3n) is 7.18. The van der Waals surface area contributed by atoms with Gasteiger partial charge >= 0.3 is 0 Å². The zero-order chi connectivity index (χ0) is 26.9. The van der Waals surface area contributed by atoms with E-state index in [2.05, 4.69) is 41.2 Å². The molecule has 1 amide bonds. The predicted octanol–water partition coefficient (Wildman–Crippen LogP) is 2.99. The van der Waals surface area contributed by atoms with Crippen LogP contribution in [-0.4, -0.2) is 79.3 Å². The zero-order valence-electron chi connectivity index (χ0n) is 22.1. The first-order valence-electron chi connectivity index (χ1n) is 13.1. The molecule has 2 atom stereocenters. The molecule has 202 valence electrons. The second-order valence-electron chi connectivity index (χ2n) is 10.5. The second-order valence-corrected chi connectivity index (χ2v) is 12.4. The van der Waals surface area contributed by atoms with E-state index in [1.165, 1.54) is 10.6 Å². The summed E-state index contributed by atoms with van der Waals surface area (Å²) in [4.78, 5) is 24.4. The Hall–Kier alpha value is -3.08. The minimum absolute atomic E-state index is 0.0247. The van der Waals surface area contributed by atoms with Gasteiger partial charge in [-0.3, -0.25) is 9.78 Å². The van der Waals surface area contributed by atoms with Crippen LogP contribution in [0.15, 0.2) is 48.7 Å². The number of aromatic nitrogens is 2. The van der Waals surface area contributed by atoms with E-state index >= 15 is 0 Å². The number of fused-ring (bicyclic) bond motifs is 1. The Kier molecular flexibility index (Phi) is 7.65. The van der Waals surface area contributed by atoms with Crippen molar-refractivity contribution in [2.24, 2.45) is 0 Å². The lowest BCUT2D eigenvalue weighted by Crippen LogP contribution is -2.46. The number of hydrogen-bond acceptors (Lipinski definition) is 7. The van der Waals surface area contributed by atoms with Crippen LogP contribution in [0.2, 0.25) is 0 Å². The Balaban J connectivity index is 1.27. The van der Waals surface area contributed by atoms with Crippen molar-refractivity contribution < 1.29 is 17.9 Å². The number of nitrogens with one attached hydrogen (secondary N) is 1. The number of sulfonamides is 1. The van der Waals surface area contributed by atoms with Gasteiger partial charge in [-0.25, -0.2) is 17.7 Å². The van der Waals surface area contributed by atoms with E-state index in [4.69, 9.17) is 9.72 Å². The highest BCUT2D eigenvalue weighted by Crippen LogP contribution is 2.26. The molecule has 2 aromatic heterocycles. The van der Waals surface area contributed by atoms with E-state index in [9.17, 15) is 13.2 Å². The molecule has 0 bridgehead atoms. The molecule has 2 aliphatic rings. The van der Waals surface area contributed by atoms with Crippen LogP contribution in [0.5, 0.6) is 0 Å². The van der Waals surface area contributed by atoms with Crippen LogP contribution in [0.3, 0.4) is 0 Å². The summed E-state index contributed by atoms with van der Waals surface area (Å²) in [5, 5.41) is 5.04. The maximum Gasteiger partial charge on any atom is 0.226 e. The minimum atomic E-state index is -3.18. The molecule has 5 rings (SSSR count). The smallest absolute Gasteiger partial charge is 0.226 e. The van der Waals surface area contributed by atoms with Gasteiger partial charge in [-0.1, -0.05) is 18.2 Å². The van der Waals surface area contributed by atoms with Gasteiger partial charge in [-0.2, -0.15) is 0 Å². The molecule has 9 nitrogen and oxygen atoms in total. The molecular weight excluding hydrogens is 502 g/mol. The number of anilines is 1. The van der Waals surface area contributed by atoms with Crippen molar-refractivity contribution in [1.29, 1.82) is 0 Å². The minimum Gasteiger partial charge on any atom is -0.372 e. The maximum atomic E-state index is 12.7. The van der Waals surface area contributed by atoms with E-state index in [0.29, 0.717) is 31.6 Å². The molecule has 2 fully saturated rings. The van der Waals surface area contributed by atoms with Gasteiger partial charge in [0.25, 0.3) is 0 Å². The molecular formula is C28H35N5O4S. The van der Waals surface area contributed by atoms with E-state index in [0.717, 1.165) is 40.9 Å². The summed E-state index contributed by atoms with van der Waals surface area (Å²) < 4.78 is 30.8. The highest BCUT2D eigenvalue weighted by Gasteiger charge is 2.26. The summed E-state index contributed by atoms with van der Waals surface area (Å²) in [5.74, 6) is 0.841. The molecule has 4 heterocycles. The van der Waals surface area contributed by atoms with Gasteiger partial charge in [0, 0.05) is 49.4 Å². The molecule has 10 heteroatoms. The van der Waals surface area contributed by atoms with Crippen molar-refractivity contribution in [2.75, 3.05) is 37.3 Å². The van der Waals surface area contributed by atoms with Crippen LogP contribution in [0, 0.1) is 0 Å². The monoisotopic (exact) mass is 537 g/mol. The van der Waals surface area contributed by atoms with Gasteiger partial charge in [-0.15, -0.1) is 0 Å². The third kappa shape index (κ3) is 6.31. The number of carbonyl (C=O) groups excluding carboxylic acids is 1. The summed E-state index contributed by atoms with van der Waals surface area (Å²) in [6.07, 6.45) is 4.74. The largest absolute Gasteiger partial charge is 0.372 e. The lowest BCUT2D eigenvalue weighted by molar-refractivity contribution is -0.121. The normalized spacial score (nSPS) is 21.5. The van der Waals surface area contributed by atoms with Crippen molar-refractivity contribution >= 4 is 32.5 Å². The number of carbonyl (C=O) groups is 1. The summed E-state index contributed by atoms with van der Waals surface area (Å²) in [6.45, 7) is 6.66. The van der Waals surface area contributed by atoms with Gasteiger partial charge in [0.15, 0.2) is 0 Å². The van der Waals surface area contributed by atoms with Crippen molar-refractivity contribution in [3.8, 4) is 11.3 Å². The van der Waals surface area contributed by atoms with Crippen molar-refractivity contribution in [3.05, 3.63) is 54.4 Å². The van der Waals surface area contributed by atoms with E-state index in [1.54, 1.807) is 6.20 Å². The fourth-order valence-corrected chi connectivity index (χ4v) is 6.22. The highest BCUT2D eigenvalue weighted by atomic mass is 32.2. The van der Waals surface area contributed by atoms with Crippen LogP contribution in [0.25, 0.3) is 22.0 Å². The number of benzene rings is 1. The topological polar surface area (TPSA) is 105 Å². The van der Waals surface area contributed by atoms with Crippen LogP contribution in [-0.2, 0) is 26.0 Å². The van der Waals surface area contributed by atoms with Gasteiger partial charge in [0.2, 0.25) is 15.9 Å². The molecule has 0 radical (unpaired) electrons. The molecule has 2 aliphatic heterocycles. The molecule has 2 saturated heterocycles. The number of rotatable bonds is 6. The van der Waals surface area contributed by atoms with E-state index in [1.807, 2.05) is 30.3 Å². The second kappa shape index (κ2) is 11.0. The first-order chi connectivity index (χ1) is 18.1. The standard InChI is InChI=1S/C28H35N5O4S/c1-19-17-32(18-20(2)37-19)27-6-4-5-26(31-27)21-7-8-22-16-29-25(14-23(22)13-21)15-28(34)30-24-9-11-33(12-10-24)38(3,35)36/h4-8,13-14,16,19-20,24H,9-12,15,17-18H2,1-3H3,(H,30,34)/t19-,20+. The molecule has 0 spiro atoms. The lowest BCUT2D eigenvalue weighted by Gasteiger charge is -2.36. The first-order valence-corrected chi connectivity index (χ1v) is 15.0. The number of morpholine rings is 1. The van der Waals surface area contributed by atoms with Crippen molar-refractivity contribution in [3.63, 3.8) is 0 Å². The SMILES string of the molecule is C[C@@H]1CN(c2cccc(-c3ccc4cnc(CC(=O)NC5CCN(S(C)(=O)=O)CC5)cc4c3)n2)C[C@H](C)O1. The molecule has 0 saturated carbocycles. The Morgan fingerprint density at radius 3 is 2.50 bits per heavy atom. The quantitative estimate of drug-likeness (QED) is 0.515. The number of nitrogens with zero attached hydrogens (tertiary/aromatic N) is 4. The van der Waals surface area contributed by atoms with Crippen molar-refractivity contribution in [1.82, 2.24) is 19.6 Å². The number of piperidine rings is 1. The van der Waals surface area contributed by atoms with Gasteiger partial charge in [-0.05, 0) is 56.3 Å². The molecule has 38 heavy (non-hydrogen) atoms. The van der Waals surface area contributed by atoms with Gasteiger partial charge in [0.1, 0.15) is 5.82 Å². The zero-order valence-corrected chi connectivity index (χ0v) is 22.9. The van der Waals surface area contributed by atoms with Crippen molar-refractivity contribution in [2.45, 2.75) is 51.4 Å². The Bertz CT molecular complexity index is 1410. The van der Waals surface area contributed by atoms with E-state index < -0.39 is 10.0 Å². The Morgan fingerprint density at radius 1 is 1.05 bits per heavy atom. The molecule has 1 N–H and O–H groups in total. The Labute approximate surface area is 224 Å². The van der Waals surface area contributed by atoms with Crippen LogP contribution >= 0.6 is 0 Å². The average Bonchev–Trinajstić information content (AvgIpc) is 2.87. The molecule has 3 aromatic rings. The summed E-state index contributed by atoms with van der Waals surface area (Å²) in [7, 11) is -3.18. The molecule has 1 aromatic carbocycles. The van der Waals surface area contributed by atoms with Crippen LogP contribution in [0.4, 0.5) is 5.82 Å². The predicted molar refractivity (Wildman–Crippen MR) is 148 cm³/mol. The highest BCUT2D eigenvalue weighted by molar-refractivity contribution is 7.88. The molecule has 0 unspecified atom stereocenters. The summed E-state index contributed by atoms with van der Waals surface area (Å²) in [6, 6.07) is 14.2. The third-order valence-corrected chi connectivity index (χ3v) is 8.49.